The minimum absolute atomic E-state index is 0.0171. The summed E-state index contributed by atoms with van der Waals surface area (Å²) in [5.41, 5.74) is 0.977. The smallest absolute Gasteiger partial charge is 0.281 e. The molecule has 198 valence electrons. The average Bonchev–Trinajstić information content (AvgIpc) is 3.46. The number of sulfonamides is 1. The monoisotopic (exact) mass is 529 g/mol. The Morgan fingerprint density at radius 3 is 2.65 bits per heavy atom. The largest absolute Gasteiger partial charge is 0.493 e. The first-order valence-electron chi connectivity index (χ1n) is 12.2. The van der Waals surface area contributed by atoms with E-state index in [0.29, 0.717) is 36.0 Å². The lowest BCUT2D eigenvalue weighted by atomic mass is 9.86. The fourth-order valence-electron chi connectivity index (χ4n) is 4.21. The predicted molar refractivity (Wildman–Crippen MR) is 138 cm³/mol. The standard InChI is InChI=1S/C26H32FN5O4S/c1-16(2)15-36-20-13-18(12-19(27)14-20)22-7-6-21(24(29-22)32-11-9-26(4,5)17(32)3)25(33)31-37(34,35)23-8-10-28-30-23/h6-8,10,12-14,16-17H,9,11,15H2,1-5H3,(H,28,30)(H,31,33). The Hall–Kier alpha value is -3.47. The number of benzene rings is 1. The van der Waals surface area contributed by atoms with Crippen molar-refractivity contribution in [1.29, 1.82) is 0 Å². The van der Waals surface area contributed by atoms with Crippen molar-refractivity contribution in [2.75, 3.05) is 18.1 Å². The van der Waals surface area contributed by atoms with E-state index in [1.54, 1.807) is 12.1 Å². The van der Waals surface area contributed by atoms with Gasteiger partial charge in [-0.3, -0.25) is 9.89 Å². The molecule has 1 aliphatic heterocycles. The highest BCUT2D eigenvalue weighted by Gasteiger charge is 2.39. The minimum atomic E-state index is -4.16. The first kappa shape index (κ1) is 26.6. The van der Waals surface area contributed by atoms with Gasteiger partial charge in [0.15, 0.2) is 5.03 Å². The molecule has 1 atom stereocenters. The molecule has 2 N–H and O–H groups in total. The van der Waals surface area contributed by atoms with Gasteiger partial charge in [-0.15, -0.1) is 0 Å². The molecule has 1 amide bonds. The van der Waals surface area contributed by atoms with E-state index in [0.717, 1.165) is 6.42 Å². The number of ether oxygens (including phenoxy) is 1. The number of aromatic nitrogens is 3. The minimum Gasteiger partial charge on any atom is -0.493 e. The zero-order valence-electron chi connectivity index (χ0n) is 21.6. The predicted octanol–water partition coefficient (Wildman–Crippen LogP) is 4.39. The maximum absolute atomic E-state index is 14.5. The van der Waals surface area contributed by atoms with Crippen LogP contribution >= 0.6 is 0 Å². The van der Waals surface area contributed by atoms with Crippen molar-refractivity contribution in [1.82, 2.24) is 19.9 Å². The molecule has 1 fully saturated rings. The van der Waals surface area contributed by atoms with Crippen LogP contribution in [0, 0.1) is 17.2 Å². The van der Waals surface area contributed by atoms with E-state index in [2.05, 4.69) is 28.8 Å². The average molecular weight is 530 g/mol. The fourth-order valence-corrected chi connectivity index (χ4v) is 5.09. The van der Waals surface area contributed by atoms with Crippen molar-refractivity contribution in [3.63, 3.8) is 0 Å². The third-order valence-corrected chi connectivity index (χ3v) is 7.99. The lowest BCUT2D eigenvalue weighted by molar-refractivity contribution is 0.0981. The molecule has 4 rings (SSSR count). The van der Waals surface area contributed by atoms with E-state index in [-0.39, 0.29) is 28.0 Å². The Morgan fingerprint density at radius 1 is 1.27 bits per heavy atom. The summed E-state index contributed by atoms with van der Waals surface area (Å²) in [5, 5.41) is 5.77. The molecular weight excluding hydrogens is 497 g/mol. The number of carbonyl (C=O) groups is 1. The van der Waals surface area contributed by atoms with Gasteiger partial charge in [-0.25, -0.2) is 14.1 Å². The van der Waals surface area contributed by atoms with E-state index in [1.165, 1.54) is 30.5 Å². The van der Waals surface area contributed by atoms with Crippen LogP contribution in [0.4, 0.5) is 10.2 Å². The summed E-state index contributed by atoms with van der Waals surface area (Å²) < 4.78 is 47.6. The number of nitrogens with zero attached hydrogens (tertiary/aromatic N) is 3. The van der Waals surface area contributed by atoms with Crippen LogP contribution < -0.4 is 14.4 Å². The van der Waals surface area contributed by atoms with Crippen LogP contribution in [-0.4, -0.2) is 48.7 Å². The van der Waals surface area contributed by atoms with E-state index in [4.69, 9.17) is 9.72 Å². The molecule has 1 aromatic carbocycles. The maximum Gasteiger partial charge on any atom is 0.281 e. The van der Waals surface area contributed by atoms with Gasteiger partial charge in [-0.2, -0.15) is 13.5 Å². The Morgan fingerprint density at radius 2 is 2.03 bits per heavy atom. The number of H-pyrrole nitrogens is 1. The zero-order chi connectivity index (χ0) is 27.0. The van der Waals surface area contributed by atoms with Gasteiger partial charge in [-0.1, -0.05) is 27.7 Å². The maximum atomic E-state index is 14.5. The lowest BCUT2D eigenvalue weighted by Gasteiger charge is -2.31. The number of hydrogen-bond acceptors (Lipinski definition) is 7. The summed E-state index contributed by atoms with van der Waals surface area (Å²) in [6, 6.07) is 8.75. The number of halogens is 1. The Kier molecular flexibility index (Phi) is 7.27. The van der Waals surface area contributed by atoms with Gasteiger partial charge in [0, 0.05) is 24.2 Å². The zero-order valence-corrected chi connectivity index (χ0v) is 22.4. The third-order valence-electron chi connectivity index (χ3n) is 6.73. The van der Waals surface area contributed by atoms with Crippen molar-refractivity contribution in [2.24, 2.45) is 11.3 Å². The van der Waals surface area contributed by atoms with Crippen LogP contribution in [-0.2, 0) is 10.0 Å². The highest BCUT2D eigenvalue weighted by molar-refractivity contribution is 7.90. The normalized spacial score (nSPS) is 17.3. The highest BCUT2D eigenvalue weighted by Crippen LogP contribution is 2.40. The summed E-state index contributed by atoms with van der Waals surface area (Å²) >= 11 is 0. The third kappa shape index (κ3) is 5.76. The molecule has 37 heavy (non-hydrogen) atoms. The number of amides is 1. The summed E-state index contributed by atoms with van der Waals surface area (Å²) in [5.74, 6) is -0.298. The molecule has 0 spiro atoms. The van der Waals surface area contributed by atoms with Gasteiger partial charge in [0.25, 0.3) is 15.9 Å². The van der Waals surface area contributed by atoms with E-state index < -0.39 is 21.7 Å². The lowest BCUT2D eigenvalue weighted by Crippen LogP contribution is -2.37. The second kappa shape index (κ2) is 10.1. The molecule has 0 saturated carbocycles. The summed E-state index contributed by atoms with van der Waals surface area (Å²) in [6.45, 7) is 11.4. The quantitative estimate of drug-likeness (QED) is 0.444. The van der Waals surface area contributed by atoms with Gasteiger partial charge >= 0.3 is 0 Å². The van der Waals surface area contributed by atoms with Crippen LogP contribution in [0.5, 0.6) is 5.75 Å². The van der Waals surface area contributed by atoms with Gasteiger partial charge in [-0.05, 0) is 55.0 Å². The Bertz CT molecular complexity index is 1390. The van der Waals surface area contributed by atoms with Crippen LogP contribution in [0.1, 0.15) is 51.4 Å². The molecule has 2 aromatic heterocycles. The summed E-state index contributed by atoms with van der Waals surface area (Å²) in [7, 11) is -4.16. The van der Waals surface area contributed by atoms with Crippen LogP contribution in [0.3, 0.4) is 0 Å². The Balaban J connectivity index is 1.75. The number of rotatable bonds is 8. The highest BCUT2D eigenvalue weighted by atomic mass is 32.2. The molecule has 9 nitrogen and oxygen atoms in total. The van der Waals surface area contributed by atoms with Crippen molar-refractivity contribution >= 4 is 21.7 Å². The fraction of sp³-hybridized carbons (Fsp3) is 0.423. The molecule has 0 radical (unpaired) electrons. The first-order chi connectivity index (χ1) is 17.4. The van der Waals surface area contributed by atoms with Crippen LogP contribution in [0.2, 0.25) is 0 Å². The number of aromatic amines is 1. The van der Waals surface area contributed by atoms with Gasteiger partial charge in [0.2, 0.25) is 0 Å². The molecule has 1 saturated heterocycles. The van der Waals surface area contributed by atoms with Crippen molar-refractivity contribution in [3.8, 4) is 17.0 Å². The molecule has 0 aliphatic carbocycles. The first-order valence-corrected chi connectivity index (χ1v) is 13.6. The van der Waals surface area contributed by atoms with E-state index in [1.807, 2.05) is 25.7 Å². The van der Waals surface area contributed by atoms with Gasteiger partial charge in [0.05, 0.1) is 24.1 Å². The molecule has 1 unspecified atom stereocenters. The molecule has 3 heterocycles. The second-order valence-electron chi connectivity index (χ2n) is 10.4. The van der Waals surface area contributed by atoms with Gasteiger partial charge in [0.1, 0.15) is 17.4 Å². The molecule has 0 bridgehead atoms. The van der Waals surface area contributed by atoms with Gasteiger partial charge < -0.3 is 9.64 Å². The van der Waals surface area contributed by atoms with E-state index >= 15 is 0 Å². The number of carbonyl (C=O) groups excluding carboxylic acids is 1. The molecule has 1 aliphatic rings. The number of anilines is 1. The topological polar surface area (TPSA) is 117 Å². The van der Waals surface area contributed by atoms with E-state index in [9.17, 15) is 17.6 Å². The number of hydrogen-bond donors (Lipinski definition) is 2. The van der Waals surface area contributed by atoms with Crippen molar-refractivity contribution in [2.45, 2.75) is 52.1 Å². The SMILES string of the molecule is CC(C)COc1cc(F)cc(-c2ccc(C(=O)NS(=O)(=O)c3ccn[nH]3)c(N3CCC(C)(C)C3C)n2)c1. The number of pyridine rings is 1. The number of nitrogens with one attached hydrogen (secondary N) is 2. The van der Waals surface area contributed by atoms with Crippen molar-refractivity contribution in [3.05, 3.63) is 54.0 Å². The molecular formula is C26H32FN5O4S. The van der Waals surface area contributed by atoms with Crippen LogP contribution in [0.25, 0.3) is 11.3 Å². The molecule has 3 aromatic rings. The Labute approximate surface area is 216 Å². The summed E-state index contributed by atoms with van der Waals surface area (Å²) in [4.78, 5) is 20.0. The second-order valence-corrected chi connectivity index (χ2v) is 12.1. The summed E-state index contributed by atoms with van der Waals surface area (Å²) in [6.07, 6.45) is 2.15. The molecule has 11 heteroatoms. The van der Waals surface area contributed by atoms with Crippen LogP contribution in [0.15, 0.2) is 47.6 Å². The van der Waals surface area contributed by atoms with Crippen molar-refractivity contribution < 1.29 is 22.3 Å².